The van der Waals surface area contributed by atoms with Crippen LogP contribution in [0, 0.1) is 12.8 Å². The summed E-state index contributed by atoms with van der Waals surface area (Å²) >= 11 is 18.8. The van der Waals surface area contributed by atoms with Gasteiger partial charge in [-0.15, -0.1) is 0 Å². The van der Waals surface area contributed by atoms with Crippen LogP contribution in [-0.4, -0.2) is 16.0 Å². The summed E-state index contributed by atoms with van der Waals surface area (Å²) in [5.41, 5.74) is 3.99. The van der Waals surface area contributed by atoms with Crippen molar-refractivity contribution in [2.24, 2.45) is 5.92 Å². The topological polar surface area (TPSA) is 70.4 Å². The highest BCUT2D eigenvalue weighted by Gasteiger charge is 2.42. The number of nitrogens with zero attached hydrogens (tertiary/aromatic N) is 2. The first-order valence-electron chi connectivity index (χ1n) is 12.2. The van der Waals surface area contributed by atoms with E-state index in [1.54, 1.807) is 18.3 Å². The van der Waals surface area contributed by atoms with Crippen LogP contribution in [0.4, 0.5) is 11.4 Å². The highest BCUT2D eigenvalue weighted by Crippen LogP contribution is 2.44. The Morgan fingerprint density at radius 1 is 1.08 bits per heavy atom. The molecule has 1 saturated heterocycles. The van der Waals surface area contributed by atoms with Crippen LogP contribution in [0.1, 0.15) is 42.9 Å². The molecule has 0 unspecified atom stereocenters. The number of carbonyl (C=O) groups is 1. The first kappa shape index (κ1) is 26.2. The molecule has 1 amide bonds. The van der Waals surface area contributed by atoms with Gasteiger partial charge in [-0.25, -0.2) is 0 Å². The smallest absolute Gasteiger partial charge is 0.226 e. The Hall–Kier alpha value is -3.39. The lowest BCUT2D eigenvalue weighted by atomic mass is 10.0. The normalized spacial score (nSPS) is 17.1. The highest BCUT2D eigenvalue weighted by atomic mass is 35.5. The molecule has 0 saturated carbocycles. The molecule has 0 spiro atoms. The minimum Gasteiger partial charge on any atom is -0.459 e. The molecular weight excluding hydrogens is 539 g/mol. The standard InChI is InChI=1S/C29H26Cl2N4O2S/c1-16(2)28(36)33-22-11-10-18(15-21(22)31)35-27(26(34-29(35)38)23-9-4-5-14-32-23)25-13-12-24(37-25)19-7-6-8-20(30)17(19)3/h4-16,26-27H,1-3H3,(H,33,36)(H,34,38)/t26-,27+/m1/s1. The van der Waals surface area contributed by atoms with E-state index in [1.807, 2.05) is 80.3 Å². The molecule has 0 aliphatic carbocycles. The minimum atomic E-state index is -0.349. The maximum Gasteiger partial charge on any atom is 0.226 e. The Morgan fingerprint density at radius 3 is 2.61 bits per heavy atom. The average Bonchev–Trinajstić information content (AvgIpc) is 3.52. The molecule has 2 N–H and O–H groups in total. The predicted molar refractivity (Wildman–Crippen MR) is 157 cm³/mol. The van der Waals surface area contributed by atoms with Crippen molar-refractivity contribution in [1.82, 2.24) is 10.3 Å². The van der Waals surface area contributed by atoms with Crippen LogP contribution in [0.15, 0.2) is 77.3 Å². The van der Waals surface area contributed by atoms with Crippen molar-refractivity contribution >= 4 is 57.8 Å². The number of furan rings is 1. The Morgan fingerprint density at radius 2 is 1.89 bits per heavy atom. The van der Waals surface area contributed by atoms with E-state index < -0.39 is 0 Å². The number of halogens is 2. The van der Waals surface area contributed by atoms with Crippen molar-refractivity contribution < 1.29 is 9.21 Å². The van der Waals surface area contributed by atoms with Gasteiger partial charge in [0.1, 0.15) is 17.6 Å². The van der Waals surface area contributed by atoms with Crippen LogP contribution in [-0.2, 0) is 4.79 Å². The lowest BCUT2D eigenvalue weighted by Crippen LogP contribution is -2.29. The third kappa shape index (κ3) is 5.01. The first-order valence-corrected chi connectivity index (χ1v) is 13.4. The maximum atomic E-state index is 12.2. The van der Waals surface area contributed by atoms with Crippen LogP contribution >= 0.6 is 35.4 Å². The lowest BCUT2D eigenvalue weighted by Gasteiger charge is -2.26. The van der Waals surface area contributed by atoms with Crippen molar-refractivity contribution in [3.63, 3.8) is 0 Å². The number of amides is 1. The number of carbonyl (C=O) groups excluding carboxylic acids is 1. The number of nitrogens with one attached hydrogen (secondary N) is 2. The molecule has 3 heterocycles. The second-order valence-corrected chi connectivity index (χ2v) is 10.6. The summed E-state index contributed by atoms with van der Waals surface area (Å²) in [6.45, 7) is 5.63. The Kier molecular flexibility index (Phi) is 7.43. The fraction of sp³-hybridized carbons (Fsp3) is 0.207. The van der Waals surface area contributed by atoms with Gasteiger partial charge in [-0.05, 0) is 73.2 Å². The largest absolute Gasteiger partial charge is 0.459 e. The Bertz CT molecular complexity index is 1510. The number of rotatable bonds is 6. The van der Waals surface area contributed by atoms with E-state index in [9.17, 15) is 4.79 Å². The number of anilines is 2. The summed E-state index contributed by atoms with van der Waals surface area (Å²) in [6.07, 6.45) is 1.76. The SMILES string of the molecule is Cc1c(Cl)cccc1-c1ccc([C@H]2[C@@H](c3ccccn3)NC(=S)N2c2ccc(NC(=O)C(C)C)c(Cl)c2)o1. The number of thiocarbonyl (C=S) groups is 1. The van der Waals surface area contributed by atoms with E-state index in [4.69, 9.17) is 39.8 Å². The number of hydrogen-bond donors (Lipinski definition) is 2. The van der Waals surface area contributed by atoms with E-state index in [-0.39, 0.29) is 23.9 Å². The monoisotopic (exact) mass is 564 g/mol. The molecule has 2 atom stereocenters. The molecule has 2 aromatic heterocycles. The number of pyridine rings is 1. The molecule has 0 bridgehead atoms. The molecule has 194 valence electrons. The molecule has 4 aromatic rings. The third-order valence-electron chi connectivity index (χ3n) is 6.56. The minimum absolute atomic E-state index is 0.106. The number of benzene rings is 2. The van der Waals surface area contributed by atoms with Gasteiger partial charge in [-0.2, -0.15) is 0 Å². The van der Waals surface area contributed by atoms with Gasteiger partial charge in [-0.1, -0.05) is 55.2 Å². The van der Waals surface area contributed by atoms with Gasteiger partial charge in [0.25, 0.3) is 0 Å². The highest BCUT2D eigenvalue weighted by molar-refractivity contribution is 7.80. The number of aromatic nitrogens is 1. The van der Waals surface area contributed by atoms with Gasteiger partial charge in [-0.3, -0.25) is 9.78 Å². The van der Waals surface area contributed by atoms with E-state index in [2.05, 4.69) is 15.6 Å². The van der Waals surface area contributed by atoms with Crippen molar-refractivity contribution in [3.8, 4) is 11.3 Å². The van der Waals surface area contributed by atoms with Crippen LogP contribution in [0.2, 0.25) is 10.0 Å². The van der Waals surface area contributed by atoms with Crippen LogP contribution in [0.3, 0.4) is 0 Å². The molecule has 5 rings (SSSR count). The van der Waals surface area contributed by atoms with Gasteiger partial charge in [0, 0.05) is 28.4 Å². The second kappa shape index (κ2) is 10.8. The van der Waals surface area contributed by atoms with Crippen molar-refractivity contribution in [2.75, 3.05) is 10.2 Å². The number of hydrogen-bond acceptors (Lipinski definition) is 4. The molecule has 0 radical (unpaired) electrons. The predicted octanol–water partition coefficient (Wildman–Crippen LogP) is 7.73. The summed E-state index contributed by atoms with van der Waals surface area (Å²) in [4.78, 5) is 18.8. The Labute approximate surface area is 237 Å². The molecule has 1 fully saturated rings. The molecule has 38 heavy (non-hydrogen) atoms. The van der Waals surface area contributed by atoms with Gasteiger partial charge in [0.05, 0.1) is 22.4 Å². The van der Waals surface area contributed by atoms with E-state index >= 15 is 0 Å². The average molecular weight is 566 g/mol. The van der Waals surface area contributed by atoms with Gasteiger partial charge in [0.2, 0.25) is 5.91 Å². The van der Waals surface area contributed by atoms with Crippen molar-refractivity contribution in [1.29, 1.82) is 0 Å². The van der Waals surface area contributed by atoms with Crippen LogP contribution < -0.4 is 15.5 Å². The van der Waals surface area contributed by atoms with Crippen molar-refractivity contribution in [3.05, 3.63) is 100.0 Å². The summed E-state index contributed by atoms with van der Waals surface area (Å²) in [6, 6.07) is 20.3. The molecular formula is C29H26Cl2N4O2S. The fourth-order valence-corrected chi connectivity index (χ4v) is 5.23. The van der Waals surface area contributed by atoms with Gasteiger partial charge >= 0.3 is 0 Å². The molecule has 1 aliphatic heterocycles. The summed E-state index contributed by atoms with van der Waals surface area (Å²) in [5.74, 6) is 1.14. The van der Waals surface area contributed by atoms with Crippen LogP contribution in [0.5, 0.6) is 0 Å². The first-order chi connectivity index (χ1) is 18.2. The molecule has 9 heteroatoms. The quantitative estimate of drug-likeness (QED) is 0.233. The molecule has 1 aliphatic rings. The van der Waals surface area contributed by atoms with Crippen LogP contribution in [0.25, 0.3) is 11.3 Å². The second-order valence-electron chi connectivity index (χ2n) is 9.42. The zero-order valence-electron chi connectivity index (χ0n) is 21.0. The van der Waals surface area contributed by atoms with Gasteiger partial charge < -0.3 is 20.0 Å². The zero-order chi connectivity index (χ0) is 27.0. The lowest BCUT2D eigenvalue weighted by molar-refractivity contribution is -0.118. The van der Waals surface area contributed by atoms with E-state index in [0.717, 1.165) is 22.5 Å². The third-order valence-corrected chi connectivity index (χ3v) is 7.60. The summed E-state index contributed by atoms with van der Waals surface area (Å²) < 4.78 is 6.46. The van der Waals surface area contributed by atoms with Gasteiger partial charge in [0.15, 0.2) is 5.11 Å². The molecule has 6 nitrogen and oxygen atoms in total. The van der Waals surface area contributed by atoms with E-state index in [0.29, 0.717) is 32.4 Å². The fourth-order valence-electron chi connectivity index (χ4n) is 4.49. The Balaban J connectivity index is 1.56. The summed E-state index contributed by atoms with van der Waals surface area (Å²) in [5, 5.41) is 7.89. The summed E-state index contributed by atoms with van der Waals surface area (Å²) in [7, 11) is 0. The van der Waals surface area contributed by atoms with E-state index in [1.165, 1.54) is 0 Å². The zero-order valence-corrected chi connectivity index (χ0v) is 23.4. The molecule has 2 aromatic carbocycles. The van der Waals surface area contributed by atoms with Crippen molar-refractivity contribution in [2.45, 2.75) is 32.9 Å². The maximum absolute atomic E-state index is 12.2.